The molecular formula is C15H16O3. The van der Waals surface area contributed by atoms with Crippen LogP contribution in [0.3, 0.4) is 0 Å². The molecule has 0 bridgehead atoms. The van der Waals surface area contributed by atoms with Crippen LogP contribution in [0.25, 0.3) is 11.1 Å². The number of aromatic hydroxyl groups is 1. The normalized spacial score (nSPS) is 10.8. The van der Waals surface area contributed by atoms with E-state index in [0.29, 0.717) is 0 Å². The molecule has 2 rings (SSSR count). The van der Waals surface area contributed by atoms with Gasteiger partial charge in [-0.25, -0.2) is 0 Å². The number of benzene rings is 2. The van der Waals surface area contributed by atoms with Crippen LogP contribution < -0.4 is 0 Å². The second-order valence-corrected chi connectivity index (χ2v) is 3.97. The monoisotopic (exact) mass is 244 g/mol. The maximum atomic E-state index is 9.25. The molecule has 3 heteroatoms. The lowest BCUT2D eigenvalue weighted by Crippen LogP contribution is -2.02. The Balaban J connectivity index is 2.24. The van der Waals surface area contributed by atoms with Gasteiger partial charge in [-0.2, -0.15) is 0 Å². The molecule has 1 N–H and O–H groups in total. The number of rotatable bonds is 4. The van der Waals surface area contributed by atoms with Crippen LogP contribution in [-0.2, 0) is 9.47 Å². The Bertz CT molecular complexity index is 484. The molecule has 0 saturated carbocycles. The molecule has 0 unspecified atom stereocenters. The third kappa shape index (κ3) is 2.70. The molecule has 94 valence electrons. The maximum absolute atomic E-state index is 9.25. The van der Waals surface area contributed by atoms with Crippen LogP contribution in [0.4, 0.5) is 0 Å². The summed E-state index contributed by atoms with van der Waals surface area (Å²) < 4.78 is 10.4. The van der Waals surface area contributed by atoms with Crippen LogP contribution in [0.2, 0.25) is 0 Å². The van der Waals surface area contributed by atoms with Gasteiger partial charge in [0.2, 0.25) is 0 Å². The third-order valence-electron chi connectivity index (χ3n) is 2.81. The van der Waals surface area contributed by atoms with Gasteiger partial charge in [-0.15, -0.1) is 0 Å². The first-order valence-electron chi connectivity index (χ1n) is 5.69. The van der Waals surface area contributed by atoms with Crippen molar-refractivity contribution in [1.29, 1.82) is 0 Å². The summed E-state index contributed by atoms with van der Waals surface area (Å²) in [5, 5.41) is 9.25. The van der Waals surface area contributed by atoms with Crippen molar-refractivity contribution in [2.75, 3.05) is 14.2 Å². The summed E-state index contributed by atoms with van der Waals surface area (Å²) in [5.74, 6) is 0.272. The fourth-order valence-corrected chi connectivity index (χ4v) is 1.85. The molecule has 0 fully saturated rings. The molecule has 0 radical (unpaired) electrons. The minimum absolute atomic E-state index is 0.272. The molecule has 0 atom stereocenters. The van der Waals surface area contributed by atoms with Gasteiger partial charge in [0.25, 0.3) is 0 Å². The SMILES string of the molecule is COC(OC)c1ccc(-c2ccc(O)cc2)cc1. The third-order valence-corrected chi connectivity index (χ3v) is 2.81. The lowest BCUT2D eigenvalue weighted by molar-refractivity contribution is -0.106. The zero-order valence-electron chi connectivity index (χ0n) is 10.5. The van der Waals surface area contributed by atoms with Crippen LogP contribution in [0.15, 0.2) is 48.5 Å². The van der Waals surface area contributed by atoms with E-state index >= 15 is 0 Å². The topological polar surface area (TPSA) is 38.7 Å². The highest BCUT2D eigenvalue weighted by Gasteiger charge is 2.08. The van der Waals surface area contributed by atoms with Crippen molar-refractivity contribution in [3.05, 3.63) is 54.1 Å². The highest BCUT2D eigenvalue weighted by Crippen LogP contribution is 2.24. The Kier molecular flexibility index (Phi) is 3.97. The van der Waals surface area contributed by atoms with Gasteiger partial charge in [0.15, 0.2) is 6.29 Å². The number of hydrogen-bond acceptors (Lipinski definition) is 3. The van der Waals surface area contributed by atoms with Gasteiger partial charge in [-0.1, -0.05) is 36.4 Å². The van der Waals surface area contributed by atoms with E-state index in [4.69, 9.17) is 9.47 Å². The molecule has 0 heterocycles. The summed E-state index contributed by atoms with van der Waals surface area (Å²) in [5.41, 5.74) is 3.12. The molecule has 2 aromatic carbocycles. The highest BCUT2D eigenvalue weighted by molar-refractivity contribution is 5.64. The summed E-state index contributed by atoms with van der Waals surface area (Å²) in [7, 11) is 3.23. The first kappa shape index (κ1) is 12.6. The molecule has 0 aliphatic heterocycles. The molecule has 0 aliphatic carbocycles. The Hall–Kier alpha value is -1.84. The molecule has 0 spiro atoms. The van der Waals surface area contributed by atoms with E-state index in [1.807, 2.05) is 36.4 Å². The number of hydrogen-bond donors (Lipinski definition) is 1. The van der Waals surface area contributed by atoms with Gasteiger partial charge in [0.05, 0.1) is 0 Å². The quantitative estimate of drug-likeness (QED) is 0.838. The minimum Gasteiger partial charge on any atom is -0.508 e. The van der Waals surface area contributed by atoms with Crippen molar-refractivity contribution in [2.24, 2.45) is 0 Å². The van der Waals surface area contributed by atoms with E-state index in [-0.39, 0.29) is 12.0 Å². The average Bonchev–Trinajstić information content (AvgIpc) is 2.42. The first-order chi connectivity index (χ1) is 8.74. The maximum Gasteiger partial charge on any atom is 0.183 e. The summed E-state index contributed by atoms with van der Waals surface area (Å²) in [6.45, 7) is 0. The van der Waals surface area contributed by atoms with E-state index in [9.17, 15) is 5.11 Å². The first-order valence-corrected chi connectivity index (χ1v) is 5.69. The Labute approximate surface area is 107 Å². The van der Waals surface area contributed by atoms with Crippen molar-refractivity contribution in [2.45, 2.75) is 6.29 Å². The van der Waals surface area contributed by atoms with Gasteiger partial charge in [-0.3, -0.25) is 0 Å². The number of phenolic OH excluding ortho intramolecular Hbond substituents is 1. The van der Waals surface area contributed by atoms with Crippen LogP contribution in [0, 0.1) is 0 Å². The van der Waals surface area contributed by atoms with Crippen molar-refractivity contribution in [3.8, 4) is 16.9 Å². The predicted molar refractivity (Wildman–Crippen MR) is 70.3 cm³/mol. The zero-order chi connectivity index (χ0) is 13.0. The summed E-state index contributed by atoms with van der Waals surface area (Å²) >= 11 is 0. The van der Waals surface area contributed by atoms with E-state index in [1.165, 1.54) is 0 Å². The number of phenols is 1. The van der Waals surface area contributed by atoms with Gasteiger partial charge in [0, 0.05) is 19.8 Å². The van der Waals surface area contributed by atoms with E-state index in [2.05, 4.69) is 0 Å². The fourth-order valence-electron chi connectivity index (χ4n) is 1.85. The summed E-state index contributed by atoms with van der Waals surface area (Å²) in [6.07, 6.45) is -0.334. The zero-order valence-corrected chi connectivity index (χ0v) is 10.5. The van der Waals surface area contributed by atoms with Gasteiger partial charge in [0.1, 0.15) is 5.75 Å². The van der Waals surface area contributed by atoms with E-state index in [1.54, 1.807) is 26.4 Å². The van der Waals surface area contributed by atoms with Crippen LogP contribution >= 0.6 is 0 Å². The largest absolute Gasteiger partial charge is 0.508 e. The van der Waals surface area contributed by atoms with Gasteiger partial charge in [-0.05, 0) is 23.3 Å². The molecule has 0 aromatic heterocycles. The van der Waals surface area contributed by atoms with Crippen LogP contribution in [0.5, 0.6) is 5.75 Å². The van der Waals surface area contributed by atoms with Crippen molar-refractivity contribution in [3.63, 3.8) is 0 Å². The predicted octanol–water partition coefficient (Wildman–Crippen LogP) is 3.35. The van der Waals surface area contributed by atoms with Crippen molar-refractivity contribution in [1.82, 2.24) is 0 Å². The standard InChI is InChI=1S/C15H16O3/c1-17-15(18-2)13-5-3-11(4-6-13)12-7-9-14(16)10-8-12/h3-10,15-16H,1-2H3. The molecule has 2 aromatic rings. The molecule has 0 aliphatic rings. The second-order valence-electron chi connectivity index (χ2n) is 3.97. The van der Waals surface area contributed by atoms with E-state index in [0.717, 1.165) is 16.7 Å². The lowest BCUT2D eigenvalue weighted by Gasteiger charge is -2.14. The molecule has 0 amide bonds. The van der Waals surface area contributed by atoms with Crippen LogP contribution in [-0.4, -0.2) is 19.3 Å². The molecule has 3 nitrogen and oxygen atoms in total. The number of ether oxygens (including phenoxy) is 2. The Morgan fingerprint density at radius 2 is 1.22 bits per heavy atom. The lowest BCUT2D eigenvalue weighted by atomic mass is 10.0. The van der Waals surface area contributed by atoms with E-state index < -0.39 is 0 Å². The minimum atomic E-state index is -0.334. The smallest absolute Gasteiger partial charge is 0.183 e. The average molecular weight is 244 g/mol. The molecule has 0 saturated heterocycles. The second kappa shape index (κ2) is 5.67. The van der Waals surface area contributed by atoms with Crippen molar-refractivity contribution >= 4 is 0 Å². The highest BCUT2D eigenvalue weighted by atomic mass is 16.7. The van der Waals surface area contributed by atoms with Gasteiger partial charge < -0.3 is 14.6 Å². The summed E-state index contributed by atoms with van der Waals surface area (Å²) in [4.78, 5) is 0. The summed E-state index contributed by atoms with van der Waals surface area (Å²) in [6, 6.07) is 15.1. The Morgan fingerprint density at radius 1 is 0.778 bits per heavy atom. The molecule has 18 heavy (non-hydrogen) atoms. The van der Waals surface area contributed by atoms with Crippen LogP contribution in [0.1, 0.15) is 11.9 Å². The molecular weight excluding hydrogens is 228 g/mol. The Morgan fingerprint density at radius 3 is 1.67 bits per heavy atom. The van der Waals surface area contributed by atoms with Gasteiger partial charge >= 0.3 is 0 Å². The fraction of sp³-hybridized carbons (Fsp3) is 0.200. The number of methoxy groups -OCH3 is 2. The van der Waals surface area contributed by atoms with Crippen molar-refractivity contribution < 1.29 is 14.6 Å².